The van der Waals surface area contributed by atoms with Crippen LogP contribution in [0.4, 0.5) is 5.69 Å². The maximum Gasteiger partial charge on any atom is 0.287 e. The third-order valence-corrected chi connectivity index (χ3v) is 2.55. The Balaban J connectivity index is 2.55. The molecule has 102 valence electrons. The zero-order chi connectivity index (χ0) is 14.3. The monoisotopic (exact) mass is 284 g/mol. The van der Waals surface area contributed by atoms with Gasteiger partial charge in [-0.15, -0.1) is 0 Å². The number of carbonyl (C=O) groups is 1. The summed E-state index contributed by atoms with van der Waals surface area (Å²) in [6.07, 6.45) is 1.97. The van der Waals surface area contributed by atoms with Gasteiger partial charge in [0.15, 0.2) is 0 Å². The number of nitrogens with one attached hydrogen (secondary N) is 1. The Kier molecular flexibility index (Phi) is 5.81. The SMILES string of the molecule is C=COCCCNC(=O)c1ccc([N+](=O)[O-])c(Cl)c1. The number of benzene rings is 1. The molecule has 1 rings (SSSR count). The molecule has 0 unspecified atom stereocenters. The van der Waals surface area contributed by atoms with E-state index in [1.54, 1.807) is 0 Å². The maximum absolute atomic E-state index is 11.7. The molecule has 0 saturated carbocycles. The van der Waals surface area contributed by atoms with Crippen LogP contribution in [0.25, 0.3) is 0 Å². The van der Waals surface area contributed by atoms with E-state index in [2.05, 4.69) is 11.9 Å². The Labute approximate surface area is 115 Å². The minimum absolute atomic E-state index is 0.0624. The van der Waals surface area contributed by atoms with Gasteiger partial charge in [0.05, 0.1) is 17.8 Å². The lowest BCUT2D eigenvalue weighted by molar-refractivity contribution is -0.384. The Morgan fingerprint density at radius 3 is 2.89 bits per heavy atom. The van der Waals surface area contributed by atoms with Crippen LogP contribution in [0.2, 0.25) is 5.02 Å². The summed E-state index contributed by atoms with van der Waals surface area (Å²) in [4.78, 5) is 21.7. The second-order valence-electron chi connectivity index (χ2n) is 3.57. The van der Waals surface area contributed by atoms with E-state index in [9.17, 15) is 14.9 Å². The van der Waals surface area contributed by atoms with Crippen molar-refractivity contribution in [2.75, 3.05) is 13.2 Å². The lowest BCUT2D eigenvalue weighted by atomic mass is 10.2. The second kappa shape index (κ2) is 7.38. The molecule has 0 radical (unpaired) electrons. The molecule has 0 aliphatic carbocycles. The van der Waals surface area contributed by atoms with Gasteiger partial charge in [-0.05, 0) is 18.6 Å². The van der Waals surface area contributed by atoms with Gasteiger partial charge in [-0.25, -0.2) is 0 Å². The van der Waals surface area contributed by atoms with Crippen LogP contribution in [0.5, 0.6) is 0 Å². The third-order valence-electron chi connectivity index (χ3n) is 2.25. The van der Waals surface area contributed by atoms with Gasteiger partial charge in [-0.3, -0.25) is 14.9 Å². The van der Waals surface area contributed by atoms with E-state index in [-0.39, 0.29) is 22.2 Å². The first-order valence-corrected chi connectivity index (χ1v) is 5.88. The molecule has 6 nitrogen and oxygen atoms in total. The summed E-state index contributed by atoms with van der Waals surface area (Å²) in [5.74, 6) is -0.338. The predicted octanol–water partition coefficient (Wildman–Crippen LogP) is 2.53. The highest BCUT2D eigenvalue weighted by molar-refractivity contribution is 6.33. The van der Waals surface area contributed by atoms with Gasteiger partial charge in [-0.1, -0.05) is 18.2 Å². The van der Waals surface area contributed by atoms with E-state index in [4.69, 9.17) is 16.3 Å². The first-order valence-electron chi connectivity index (χ1n) is 5.51. The predicted molar refractivity (Wildman–Crippen MR) is 71.2 cm³/mol. The molecule has 0 saturated heterocycles. The zero-order valence-corrected chi connectivity index (χ0v) is 10.9. The van der Waals surface area contributed by atoms with Crippen LogP contribution < -0.4 is 5.32 Å². The molecule has 0 fully saturated rings. The number of hydrogen-bond donors (Lipinski definition) is 1. The van der Waals surface area contributed by atoms with Gasteiger partial charge in [-0.2, -0.15) is 0 Å². The van der Waals surface area contributed by atoms with Gasteiger partial charge in [0, 0.05) is 18.2 Å². The molecule has 0 atom stereocenters. The van der Waals surface area contributed by atoms with E-state index in [1.165, 1.54) is 24.5 Å². The Morgan fingerprint density at radius 1 is 1.58 bits per heavy atom. The van der Waals surface area contributed by atoms with Crippen LogP contribution in [-0.4, -0.2) is 24.0 Å². The van der Waals surface area contributed by atoms with Gasteiger partial charge < -0.3 is 10.1 Å². The Hall–Kier alpha value is -2.08. The lowest BCUT2D eigenvalue weighted by Gasteiger charge is -2.05. The number of carbonyl (C=O) groups excluding carboxylic acids is 1. The number of halogens is 1. The minimum atomic E-state index is -0.601. The summed E-state index contributed by atoms with van der Waals surface area (Å²) in [6, 6.07) is 3.84. The van der Waals surface area contributed by atoms with E-state index in [0.717, 1.165) is 0 Å². The van der Waals surface area contributed by atoms with Crippen LogP contribution in [-0.2, 0) is 4.74 Å². The van der Waals surface area contributed by atoms with Crippen molar-refractivity contribution in [3.05, 3.63) is 51.7 Å². The first kappa shape index (κ1) is 15.0. The van der Waals surface area contributed by atoms with Crippen molar-refractivity contribution in [3.8, 4) is 0 Å². The standard InChI is InChI=1S/C12H13ClN2O4/c1-2-19-7-3-6-14-12(16)9-4-5-11(15(17)18)10(13)8-9/h2,4-5,8H,1,3,6-7H2,(H,14,16). The second-order valence-corrected chi connectivity index (χ2v) is 3.98. The summed E-state index contributed by atoms with van der Waals surface area (Å²) in [5.41, 5.74) is 0.0536. The number of hydrogen-bond acceptors (Lipinski definition) is 4. The van der Waals surface area contributed by atoms with Crippen LogP contribution in [0.1, 0.15) is 16.8 Å². The first-order chi connectivity index (χ1) is 9.06. The van der Waals surface area contributed by atoms with Crippen molar-refractivity contribution in [2.45, 2.75) is 6.42 Å². The Bertz CT molecular complexity index is 491. The smallest absolute Gasteiger partial charge is 0.287 e. The van der Waals surface area contributed by atoms with Crippen molar-refractivity contribution in [3.63, 3.8) is 0 Å². The highest BCUT2D eigenvalue weighted by Crippen LogP contribution is 2.24. The normalized spacial score (nSPS) is 9.74. The topological polar surface area (TPSA) is 81.5 Å². The van der Waals surface area contributed by atoms with E-state index in [1.807, 2.05) is 0 Å². The van der Waals surface area contributed by atoms with Gasteiger partial charge >= 0.3 is 0 Å². The molecule has 1 N–H and O–H groups in total. The average molecular weight is 285 g/mol. The number of nitro groups is 1. The van der Waals surface area contributed by atoms with Gasteiger partial charge in [0.2, 0.25) is 0 Å². The van der Waals surface area contributed by atoms with Crippen molar-refractivity contribution >= 4 is 23.2 Å². The molecule has 0 spiro atoms. The molecule has 1 amide bonds. The maximum atomic E-state index is 11.7. The fourth-order valence-electron chi connectivity index (χ4n) is 1.34. The summed E-state index contributed by atoms with van der Waals surface area (Å²) in [6.45, 7) is 4.29. The van der Waals surface area contributed by atoms with E-state index in [0.29, 0.717) is 19.6 Å². The molecule has 0 aliphatic heterocycles. The number of rotatable bonds is 7. The molecule has 1 aromatic rings. The molecular weight excluding hydrogens is 272 g/mol. The number of nitrogens with zero attached hydrogens (tertiary/aromatic N) is 1. The highest BCUT2D eigenvalue weighted by Gasteiger charge is 2.14. The molecule has 0 bridgehead atoms. The minimum Gasteiger partial charge on any atom is -0.502 e. The van der Waals surface area contributed by atoms with Crippen LogP contribution in [0, 0.1) is 10.1 Å². The third kappa shape index (κ3) is 4.59. The largest absolute Gasteiger partial charge is 0.502 e. The molecule has 7 heteroatoms. The van der Waals surface area contributed by atoms with Crippen LogP contribution >= 0.6 is 11.6 Å². The van der Waals surface area contributed by atoms with E-state index < -0.39 is 4.92 Å². The van der Waals surface area contributed by atoms with Crippen LogP contribution in [0.15, 0.2) is 31.0 Å². The number of nitro benzene ring substituents is 1. The molecule has 1 aromatic carbocycles. The number of ether oxygens (including phenoxy) is 1. The fraction of sp³-hybridized carbons (Fsp3) is 0.250. The van der Waals surface area contributed by atoms with E-state index >= 15 is 0 Å². The summed E-state index contributed by atoms with van der Waals surface area (Å²) < 4.78 is 4.90. The Morgan fingerprint density at radius 2 is 2.32 bits per heavy atom. The summed E-state index contributed by atoms with van der Waals surface area (Å²) >= 11 is 5.72. The van der Waals surface area contributed by atoms with Crippen molar-refractivity contribution < 1.29 is 14.5 Å². The molecule has 0 heterocycles. The van der Waals surface area contributed by atoms with Crippen molar-refractivity contribution in [1.29, 1.82) is 0 Å². The lowest BCUT2D eigenvalue weighted by Crippen LogP contribution is -2.25. The molecule has 0 aliphatic rings. The zero-order valence-electron chi connectivity index (χ0n) is 10.1. The quantitative estimate of drug-likeness (QED) is 0.361. The average Bonchev–Trinajstić information content (AvgIpc) is 2.37. The highest BCUT2D eigenvalue weighted by atomic mass is 35.5. The summed E-state index contributed by atoms with van der Waals surface area (Å²) in [5, 5.41) is 13.2. The van der Waals surface area contributed by atoms with Gasteiger partial charge in [0.25, 0.3) is 11.6 Å². The fourth-order valence-corrected chi connectivity index (χ4v) is 1.59. The van der Waals surface area contributed by atoms with Crippen molar-refractivity contribution in [2.24, 2.45) is 0 Å². The van der Waals surface area contributed by atoms with Crippen molar-refractivity contribution in [1.82, 2.24) is 5.32 Å². The molecular formula is C12H13ClN2O4. The molecule has 19 heavy (non-hydrogen) atoms. The van der Waals surface area contributed by atoms with Gasteiger partial charge in [0.1, 0.15) is 5.02 Å². The van der Waals surface area contributed by atoms with Crippen LogP contribution in [0.3, 0.4) is 0 Å². The number of amides is 1. The molecule has 0 aromatic heterocycles. The summed E-state index contributed by atoms with van der Waals surface area (Å²) in [7, 11) is 0.